The van der Waals surface area contributed by atoms with E-state index in [0.717, 1.165) is 27.8 Å². The molecule has 0 unspecified atom stereocenters. The first-order valence-electron chi connectivity index (χ1n) is 22.4. The molecule has 0 atom stereocenters. The minimum atomic E-state index is -0.552. The summed E-state index contributed by atoms with van der Waals surface area (Å²) < 4.78 is 2.41. The van der Waals surface area contributed by atoms with E-state index >= 15 is 0 Å². The Morgan fingerprint density at radius 2 is 0.892 bits per heavy atom. The lowest BCUT2D eigenvalue weighted by molar-refractivity contribution is 0.662. The van der Waals surface area contributed by atoms with Gasteiger partial charge in [0.2, 0.25) is 0 Å². The molecule has 4 heteroatoms. The van der Waals surface area contributed by atoms with Crippen molar-refractivity contribution in [3.05, 3.63) is 246 Å². The molecular weight excluding hydrogens is 807 g/mol. The van der Waals surface area contributed by atoms with Crippen molar-refractivity contribution < 1.29 is 0 Å². The van der Waals surface area contributed by atoms with Crippen molar-refractivity contribution in [1.82, 2.24) is 15.0 Å². The van der Waals surface area contributed by atoms with Gasteiger partial charge in [0.1, 0.15) is 0 Å². The van der Waals surface area contributed by atoms with E-state index in [9.17, 15) is 0 Å². The molecule has 0 bridgehead atoms. The number of aromatic nitrogens is 3. The lowest BCUT2D eigenvalue weighted by Crippen LogP contribution is -2.28. The van der Waals surface area contributed by atoms with Gasteiger partial charge in [-0.25, -0.2) is 15.0 Å². The van der Waals surface area contributed by atoms with Crippen molar-refractivity contribution in [3.8, 4) is 67.5 Å². The summed E-state index contributed by atoms with van der Waals surface area (Å²) in [7, 11) is 0. The summed E-state index contributed by atoms with van der Waals surface area (Å²) in [4.78, 5) is 16.5. The molecule has 0 amide bonds. The highest BCUT2D eigenvalue weighted by molar-refractivity contribution is 7.26. The van der Waals surface area contributed by atoms with Gasteiger partial charge >= 0.3 is 0 Å². The summed E-state index contributed by atoms with van der Waals surface area (Å²) >= 11 is 1.80. The molecule has 0 aliphatic heterocycles. The van der Waals surface area contributed by atoms with Crippen molar-refractivity contribution in [2.75, 3.05) is 0 Å². The quantitative estimate of drug-likeness (QED) is 0.167. The van der Waals surface area contributed by atoms with Crippen LogP contribution in [0.5, 0.6) is 0 Å². The van der Waals surface area contributed by atoms with Crippen LogP contribution in [0.25, 0.3) is 87.7 Å². The molecule has 2 heterocycles. The van der Waals surface area contributed by atoms with Crippen LogP contribution in [0.3, 0.4) is 0 Å². The highest BCUT2D eigenvalue weighted by Gasteiger charge is 2.47. The lowest BCUT2D eigenvalue weighted by Gasteiger charge is -2.33. The van der Waals surface area contributed by atoms with Crippen molar-refractivity contribution in [2.24, 2.45) is 0 Å². The second-order valence-corrected chi connectivity index (χ2v) is 18.9. The van der Waals surface area contributed by atoms with Crippen LogP contribution in [-0.2, 0) is 10.8 Å². The van der Waals surface area contributed by atoms with Gasteiger partial charge in [-0.15, -0.1) is 11.3 Å². The smallest absolute Gasteiger partial charge is 0.165 e. The number of fused-ring (bicyclic) bond motifs is 9. The Hall–Kier alpha value is -7.79. The van der Waals surface area contributed by atoms with Gasteiger partial charge in [-0.05, 0) is 85.0 Å². The second-order valence-electron chi connectivity index (χ2n) is 17.8. The summed E-state index contributed by atoms with van der Waals surface area (Å²) in [6.07, 6.45) is 0. The van der Waals surface area contributed by atoms with Crippen molar-refractivity contribution in [2.45, 2.75) is 24.7 Å². The Morgan fingerprint density at radius 3 is 1.69 bits per heavy atom. The van der Waals surface area contributed by atoms with Crippen LogP contribution in [0.15, 0.2) is 212 Å². The predicted octanol–water partition coefficient (Wildman–Crippen LogP) is 15.6. The fraction of sp³-hybridized carbons (Fsp3) is 0.0656. The monoisotopic (exact) mass is 847 g/mol. The van der Waals surface area contributed by atoms with Gasteiger partial charge in [0.15, 0.2) is 17.5 Å². The number of thiophene rings is 1. The zero-order valence-corrected chi connectivity index (χ0v) is 36.8. The Morgan fingerprint density at radius 1 is 0.369 bits per heavy atom. The summed E-state index contributed by atoms with van der Waals surface area (Å²) in [5.74, 6) is 1.95. The van der Waals surface area contributed by atoms with Gasteiger partial charge in [0, 0.05) is 42.3 Å². The second kappa shape index (κ2) is 14.4. The van der Waals surface area contributed by atoms with Gasteiger partial charge < -0.3 is 0 Å². The van der Waals surface area contributed by atoms with Crippen LogP contribution in [0.1, 0.15) is 47.2 Å². The third-order valence-corrected chi connectivity index (χ3v) is 15.2. The lowest BCUT2D eigenvalue weighted by atomic mass is 9.67. The minimum absolute atomic E-state index is 0.159. The van der Waals surface area contributed by atoms with E-state index < -0.39 is 5.41 Å². The highest BCUT2D eigenvalue weighted by atomic mass is 32.1. The fourth-order valence-electron chi connectivity index (χ4n) is 11.3. The average Bonchev–Trinajstić information content (AvgIpc) is 3.98. The van der Waals surface area contributed by atoms with E-state index in [4.69, 9.17) is 15.0 Å². The molecule has 0 fully saturated rings. The highest BCUT2D eigenvalue weighted by Crippen LogP contribution is 2.58. The first-order chi connectivity index (χ1) is 32.0. The Balaban J connectivity index is 1.06. The molecule has 2 aromatic heterocycles. The molecule has 0 N–H and O–H groups in total. The minimum Gasteiger partial charge on any atom is -0.208 e. The van der Waals surface area contributed by atoms with Crippen LogP contribution in [0.2, 0.25) is 0 Å². The third-order valence-electron chi connectivity index (χ3n) is 14.0. The van der Waals surface area contributed by atoms with E-state index in [-0.39, 0.29) is 5.41 Å². The first-order valence-corrected chi connectivity index (χ1v) is 23.2. The predicted molar refractivity (Wildman–Crippen MR) is 269 cm³/mol. The zero-order valence-electron chi connectivity index (χ0n) is 36.0. The summed E-state index contributed by atoms with van der Waals surface area (Å²) in [6, 6.07) is 77.1. The topological polar surface area (TPSA) is 38.7 Å². The molecule has 306 valence electrons. The third kappa shape index (κ3) is 5.51. The molecule has 13 rings (SSSR count). The van der Waals surface area contributed by atoms with E-state index in [0.29, 0.717) is 17.5 Å². The van der Waals surface area contributed by atoms with Crippen LogP contribution in [0, 0.1) is 0 Å². The number of benzene rings is 9. The Labute approximate surface area is 382 Å². The van der Waals surface area contributed by atoms with Gasteiger partial charge in [0.25, 0.3) is 0 Å². The Kier molecular flexibility index (Phi) is 8.34. The number of rotatable bonds is 6. The zero-order chi connectivity index (χ0) is 43.3. The summed E-state index contributed by atoms with van der Waals surface area (Å²) in [5.41, 5.74) is 17.1. The largest absolute Gasteiger partial charge is 0.208 e. The molecular formula is C61H41N3S. The SMILES string of the molecule is CC1(C)c2ccccc2-c2cccc(-c3cccc(-c4nc(-c5cccc6c5-c5ccccc5C6(c5ccccc5)c5ccccc5)nc(-c5cccc6c5sc5ccccc56)n4)c3)c21. The molecule has 0 saturated heterocycles. The van der Waals surface area contributed by atoms with E-state index in [2.05, 4.69) is 226 Å². The van der Waals surface area contributed by atoms with Crippen molar-refractivity contribution >= 4 is 31.5 Å². The molecule has 0 radical (unpaired) electrons. The molecule has 0 spiro atoms. The molecule has 2 aliphatic carbocycles. The molecule has 3 nitrogen and oxygen atoms in total. The Bertz CT molecular complexity index is 3660. The maximum atomic E-state index is 5.52. The maximum absolute atomic E-state index is 5.52. The van der Waals surface area contributed by atoms with Crippen LogP contribution < -0.4 is 0 Å². The fourth-order valence-corrected chi connectivity index (χ4v) is 12.5. The standard InChI is InChI=1S/C61H41N3S/c1-60(2)50-33-12-9-25-43(50)45-29-16-28-42(55(45)60)38-19-15-20-39(37-38)57-62-58(64-59(63-57)49-32-17-30-46-44-26-11-14-36-53(44)65-56(46)49)48-31-18-35-52-54(48)47-27-10-13-34-51(47)61(52,40-21-5-3-6-22-40)41-23-7-4-8-24-41/h3-37H,1-2H3. The van der Waals surface area contributed by atoms with Crippen molar-refractivity contribution in [3.63, 3.8) is 0 Å². The number of hydrogen-bond donors (Lipinski definition) is 0. The molecule has 0 saturated carbocycles. The summed E-state index contributed by atoms with van der Waals surface area (Å²) in [5, 5.41) is 2.45. The van der Waals surface area contributed by atoms with Crippen LogP contribution in [0.4, 0.5) is 0 Å². The van der Waals surface area contributed by atoms with Gasteiger partial charge in [-0.1, -0.05) is 208 Å². The van der Waals surface area contributed by atoms with Gasteiger partial charge in [-0.3, -0.25) is 0 Å². The van der Waals surface area contributed by atoms with E-state index in [1.54, 1.807) is 11.3 Å². The normalized spacial score (nSPS) is 13.9. The van der Waals surface area contributed by atoms with Gasteiger partial charge in [0.05, 0.1) is 5.41 Å². The van der Waals surface area contributed by atoms with Gasteiger partial charge in [-0.2, -0.15) is 0 Å². The van der Waals surface area contributed by atoms with E-state index in [1.807, 2.05) is 0 Å². The van der Waals surface area contributed by atoms with Crippen LogP contribution >= 0.6 is 11.3 Å². The summed E-state index contributed by atoms with van der Waals surface area (Å²) in [6.45, 7) is 4.70. The first kappa shape index (κ1) is 37.7. The van der Waals surface area contributed by atoms with Crippen molar-refractivity contribution in [1.29, 1.82) is 0 Å². The number of hydrogen-bond acceptors (Lipinski definition) is 4. The average molecular weight is 848 g/mol. The maximum Gasteiger partial charge on any atom is 0.165 e. The molecule has 2 aliphatic rings. The number of nitrogens with zero attached hydrogens (tertiary/aromatic N) is 3. The molecule has 9 aromatic carbocycles. The molecule has 11 aromatic rings. The van der Waals surface area contributed by atoms with E-state index in [1.165, 1.54) is 75.8 Å². The van der Waals surface area contributed by atoms with Crippen LogP contribution in [-0.4, -0.2) is 15.0 Å². The molecule has 65 heavy (non-hydrogen) atoms.